The van der Waals surface area contributed by atoms with Gasteiger partial charge in [0, 0.05) is 5.69 Å². The number of urea groups is 1. The molecule has 1 aromatic carbocycles. The van der Waals surface area contributed by atoms with Crippen LogP contribution in [0, 0.1) is 0 Å². The Balaban J connectivity index is 1.42. The minimum atomic E-state index is -1.31. The number of anilines is 1. The zero-order valence-corrected chi connectivity index (χ0v) is 16.4. The molecule has 1 aromatic rings. The summed E-state index contributed by atoms with van der Waals surface area (Å²) in [6.07, 6.45) is 8.40. The van der Waals surface area contributed by atoms with Crippen molar-refractivity contribution in [2.75, 3.05) is 25.0 Å². The zero-order chi connectivity index (χ0) is 18.1. The molecule has 0 aromatic heterocycles. The van der Waals surface area contributed by atoms with Crippen LogP contribution < -0.4 is 10.0 Å². The van der Waals surface area contributed by atoms with Gasteiger partial charge in [0.15, 0.2) is 0 Å². The van der Waals surface area contributed by atoms with Crippen LogP contribution in [0.25, 0.3) is 0 Å². The van der Waals surface area contributed by atoms with Gasteiger partial charge in [0.2, 0.25) is 0 Å². The van der Waals surface area contributed by atoms with E-state index in [0.29, 0.717) is 0 Å². The van der Waals surface area contributed by atoms with Crippen LogP contribution in [0.5, 0.6) is 0 Å². The lowest BCUT2D eigenvalue weighted by molar-refractivity contribution is 0.242. The van der Waals surface area contributed by atoms with Crippen LogP contribution in [0.3, 0.4) is 0 Å². The van der Waals surface area contributed by atoms with E-state index in [4.69, 9.17) is 0 Å². The van der Waals surface area contributed by atoms with E-state index in [1.54, 1.807) is 0 Å². The number of benzene rings is 1. The van der Waals surface area contributed by atoms with Gasteiger partial charge in [-0.15, -0.1) is 0 Å². The topological polar surface area (TPSA) is 61.4 Å². The quantitative estimate of drug-likeness (QED) is 0.851. The Labute approximate surface area is 158 Å². The summed E-state index contributed by atoms with van der Waals surface area (Å²) in [6.45, 7) is 5.13. The van der Waals surface area contributed by atoms with Crippen molar-refractivity contribution in [3.8, 4) is 0 Å². The van der Waals surface area contributed by atoms with Crippen molar-refractivity contribution in [2.45, 2.75) is 63.5 Å². The highest BCUT2D eigenvalue weighted by atomic mass is 32.2. The van der Waals surface area contributed by atoms with Crippen molar-refractivity contribution < 1.29 is 9.00 Å². The minimum Gasteiger partial charge on any atom is -0.307 e. The van der Waals surface area contributed by atoms with E-state index in [-0.39, 0.29) is 11.3 Å². The van der Waals surface area contributed by atoms with Gasteiger partial charge >= 0.3 is 6.03 Å². The maximum Gasteiger partial charge on any atom is 0.331 e. The van der Waals surface area contributed by atoms with Crippen molar-refractivity contribution in [1.82, 2.24) is 9.62 Å². The number of rotatable bonds is 4. The Bertz CT molecular complexity index is 694. The van der Waals surface area contributed by atoms with E-state index in [1.807, 2.05) is 0 Å². The zero-order valence-electron chi connectivity index (χ0n) is 15.6. The molecule has 1 saturated heterocycles. The first-order valence-electron chi connectivity index (χ1n) is 10.0. The molecule has 1 atom stereocenters. The first-order chi connectivity index (χ1) is 12.7. The molecule has 2 N–H and O–H groups in total. The molecule has 6 heteroatoms. The highest BCUT2D eigenvalue weighted by molar-refractivity contribution is 7.84. The van der Waals surface area contributed by atoms with Crippen LogP contribution in [0.2, 0.25) is 0 Å². The standard InChI is InChI=1S/C20H29N3O2S/c1-2-23-11-9-16(10-12-23)26(25)22-20(24)21-19-17-7-3-5-14(17)13-15-6-4-8-18(15)19/h13,16H,2-12H2,1H3,(H2,21,22,24). The summed E-state index contributed by atoms with van der Waals surface area (Å²) in [7, 11) is -1.31. The second-order valence-electron chi connectivity index (χ2n) is 7.72. The van der Waals surface area contributed by atoms with Gasteiger partial charge in [0.25, 0.3) is 0 Å². The highest BCUT2D eigenvalue weighted by Gasteiger charge is 2.27. The Morgan fingerprint density at radius 3 is 2.31 bits per heavy atom. The summed E-state index contributed by atoms with van der Waals surface area (Å²) >= 11 is 0. The average Bonchev–Trinajstić information content (AvgIpc) is 3.30. The molecule has 0 spiro atoms. The Hall–Kier alpha value is -1.40. The molecule has 1 fully saturated rings. The van der Waals surface area contributed by atoms with Crippen molar-refractivity contribution in [1.29, 1.82) is 0 Å². The van der Waals surface area contributed by atoms with Crippen molar-refractivity contribution in [3.63, 3.8) is 0 Å². The number of nitrogens with zero attached hydrogens (tertiary/aromatic N) is 1. The number of nitrogens with one attached hydrogen (secondary N) is 2. The summed E-state index contributed by atoms with van der Waals surface area (Å²) < 4.78 is 15.3. The predicted molar refractivity (Wildman–Crippen MR) is 106 cm³/mol. The molecule has 0 radical (unpaired) electrons. The number of carbonyl (C=O) groups is 1. The maximum absolute atomic E-state index is 12.6. The van der Waals surface area contributed by atoms with Crippen molar-refractivity contribution >= 4 is 22.7 Å². The van der Waals surface area contributed by atoms with Gasteiger partial charge < -0.3 is 10.2 Å². The SMILES string of the molecule is CCN1CCC(S(=O)NC(=O)Nc2c3c(cc4c2CCC4)CCC3)CC1. The Morgan fingerprint density at radius 1 is 1.12 bits per heavy atom. The fourth-order valence-corrected chi connectivity index (χ4v) is 5.76. The molecular formula is C20H29N3O2S. The second-order valence-corrected chi connectivity index (χ2v) is 9.19. The highest BCUT2D eigenvalue weighted by Crippen LogP contribution is 2.38. The first-order valence-corrected chi connectivity index (χ1v) is 11.2. The Kier molecular flexibility index (Phi) is 5.32. The number of likely N-dealkylation sites (tertiary alicyclic amines) is 1. The summed E-state index contributed by atoms with van der Waals surface area (Å²) in [5, 5.41) is 3.14. The molecular weight excluding hydrogens is 346 g/mol. The third kappa shape index (κ3) is 3.54. The smallest absolute Gasteiger partial charge is 0.307 e. The van der Waals surface area contributed by atoms with Crippen LogP contribution in [0.1, 0.15) is 54.9 Å². The number of fused-ring (bicyclic) bond motifs is 2. The van der Waals surface area contributed by atoms with E-state index in [0.717, 1.165) is 76.7 Å². The molecule has 1 aliphatic heterocycles. The van der Waals surface area contributed by atoms with Crippen LogP contribution >= 0.6 is 0 Å². The molecule has 2 aliphatic carbocycles. The number of carbonyl (C=O) groups excluding carboxylic acids is 1. The molecule has 3 aliphatic rings. The van der Waals surface area contributed by atoms with Gasteiger partial charge in [-0.05, 0) is 93.3 Å². The van der Waals surface area contributed by atoms with Crippen LogP contribution in [0.15, 0.2) is 6.07 Å². The molecule has 142 valence electrons. The molecule has 1 unspecified atom stereocenters. The van der Waals surface area contributed by atoms with E-state index in [2.05, 4.69) is 27.9 Å². The maximum atomic E-state index is 12.6. The minimum absolute atomic E-state index is 0.0655. The van der Waals surface area contributed by atoms with E-state index < -0.39 is 11.0 Å². The lowest BCUT2D eigenvalue weighted by Crippen LogP contribution is -2.43. The molecule has 0 bridgehead atoms. The van der Waals surface area contributed by atoms with Crippen LogP contribution in [-0.4, -0.2) is 40.0 Å². The fraction of sp³-hybridized carbons (Fsp3) is 0.650. The molecule has 26 heavy (non-hydrogen) atoms. The van der Waals surface area contributed by atoms with E-state index in [9.17, 15) is 9.00 Å². The molecule has 1 heterocycles. The van der Waals surface area contributed by atoms with Crippen LogP contribution in [0.4, 0.5) is 10.5 Å². The van der Waals surface area contributed by atoms with Crippen molar-refractivity contribution in [3.05, 3.63) is 28.3 Å². The van der Waals surface area contributed by atoms with Crippen molar-refractivity contribution in [2.24, 2.45) is 0 Å². The summed E-state index contributed by atoms with van der Waals surface area (Å²) in [6, 6.07) is 2.04. The average molecular weight is 376 g/mol. The largest absolute Gasteiger partial charge is 0.331 e. The number of amides is 2. The van der Waals surface area contributed by atoms with Gasteiger partial charge in [-0.2, -0.15) is 0 Å². The fourth-order valence-electron chi connectivity index (χ4n) is 4.72. The van der Waals surface area contributed by atoms with E-state index >= 15 is 0 Å². The van der Waals surface area contributed by atoms with Gasteiger partial charge in [-0.1, -0.05) is 13.0 Å². The molecule has 4 rings (SSSR count). The number of hydrogen-bond donors (Lipinski definition) is 2. The predicted octanol–water partition coefficient (Wildman–Crippen LogP) is 2.93. The van der Waals surface area contributed by atoms with Gasteiger partial charge in [-0.3, -0.25) is 4.72 Å². The monoisotopic (exact) mass is 375 g/mol. The third-order valence-corrected chi connectivity index (χ3v) is 7.65. The second kappa shape index (κ2) is 7.69. The summed E-state index contributed by atoms with van der Waals surface area (Å²) in [5.41, 5.74) is 6.43. The Morgan fingerprint density at radius 2 is 1.73 bits per heavy atom. The number of piperidine rings is 1. The number of hydrogen-bond acceptors (Lipinski definition) is 3. The van der Waals surface area contributed by atoms with Gasteiger partial charge in [0.05, 0.1) is 5.25 Å². The summed E-state index contributed by atoms with van der Waals surface area (Å²) in [4.78, 5) is 14.9. The van der Waals surface area contributed by atoms with Gasteiger partial charge in [-0.25, -0.2) is 9.00 Å². The normalized spacial score (nSPS) is 21.3. The lowest BCUT2D eigenvalue weighted by Gasteiger charge is -2.30. The lowest BCUT2D eigenvalue weighted by atomic mass is 9.99. The third-order valence-electron chi connectivity index (χ3n) is 6.19. The van der Waals surface area contributed by atoms with Gasteiger partial charge in [0.1, 0.15) is 11.0 Å². The molecule has 2 amide bonds. The number of aryl methyl sites for hydroxylation is 2. The van der Waals surface area contributed by atoms with E-state index in [1.165, 1.54) is 22.3 Å². The first kappa shape index (κ1) is 18.0. The molecule has 5 nitrogen and oxygen atoms in total. The van der Waals surface area contributed by atoms with Crippen LogP contribution in [-0.2, 0) is 36.7 Å². The summed E-state index contributed by atoms with van der Waals surface area (Å²) in [5.74, 6) is 0. The molecule has 0 saturated carbocycles.